The average molecular weight is 237 g/mol. The number of carboxylic acid groups (broad SMARTS) is 1. The maximum Gasteiger partial charge on any atom is 0.303 e. The number of aliphatic carboxylic acids is 1. The van der Waals surface area contributed by atoms with E-state index in [2.05, 4.69) is 10.1 Å². The molecule has 1 aromatic heterocycles. The molecule has 5 heteroatoms. The first-order chi connectivity index (χ1) is 8.01. The van der Waals surface area contributed by atoms with Crippen LogP contribution >= 0.6 is 0 Å². The van der Waals surface area contributed by atoms with E-state index in [1.807, 2.05) is 14.0 Å². The zero-order valence-electron chi connectivity index (χ0n) is 10.4. The number of aryl methyl sites for hydroxylation is 2. The predicted molar refractivity (Wildman–Crippen MR) is 62.6 cm³/mol. The highest BCUT2D eigenvalue weighted by atomic mass is 16.4. The molecule has 0 spiro atoms. The van der Waals surface area contributed by atoms with E-state index in [1.54, 1.807) is 4.68 Å². The Hall–Kier alpha value is -1.39. The van der Waals surface area contributed by atoms with Gasteiger partial charge in [-0.15, -0.1) is 0 Å². The molecule has 0 atom stereocenters. The van der Waals surface area contributed by atoms with Crippen LogP contribution in [0.15, 0.2) is 0 Å². The quantitative estimate of drug-likeness (QED) is 0.865. The SMILES string of the molecule is Cc1nc(CC2(CC(=O)O)CCCC2)n(C)n1. The maximum atomic E-state index is 11.0. The van der Waals surface area contributed by atoms with Gasteiger partial charge >= 0.3 is 5.97 Å². The Labute approximate surface area is 101 Å². The van der Waals surface area contributed by atoms with Gasteiger partial charge in [-0.05, 0) is 25.2 Å². The second-order valence-electron chi connectivity index (χ2n) is 5.15. The first kappa shape index (κ1) is 12.1. The molecular weight excluding hydrogens is 218 g/mol. The van der Waals surface area contributed by atoms with Gasteiger partial charge in [-0.25, -0.2) is 4.98 Å². The summed E-state index contributed by atoms with van der Waals surface area (Å²) in [6.45, 7) is 1.86. The van der Waals surface area contributed by atoms with Crippen molar-refractivity contribution in [3.05, 3.63) is 11.6 Å². The molecule has 2 rings (SSSR count). The second kappa shape index (κ2) is 4.47. The lowest BCUT2D eigenvalue weighted by Gasteiger charge is -2.26. The Morgan fingerprint density at radius 3 is 2.59 bits per heavy atom. The van der Waals surface area contributed by atoms with Crippen LogP contribution in [-0.4, -0.2) is 25.8 Å². The lowest BCUT2D eigenvalue weighted by atomic mass is 9.79. The third-order valence-corrected chi connectivity index (χ3v) is 3.68. The highest BCUT2D eigenvalue weighted by molar-refractivity contribution is 5.67. The molecule has 0 bridgehead atoms. The lowest BCUT2D eigenvalue weighted by molar-refractivity contribution is -0.139. The second-order valence-corrected chi connectivity index (χ2v) is 5.15. The van der Waals surface area contributed by atoms with Gasteiger partial charge < -0.3 is 5.11 Å². The third-order valence-electron chi connectivity index (χ3n) is 3.68. The van der Waals surface area contributed by atoms with Gasteiger partial charge in [0.15, 0.2) is 0 Å². The topological polar surface area (TPSA) is 68.0 Å². The van der Waals surface area contributed by atoms with Gasteiger partial charge in [-0.1, -0.05) is 12.8 Å². The highest BCUT2D eigenvalue weighted by Gasteiger charge is 2.37. The molecule has 94 valence electrons. The summed E-state index contributed by atoms with van der Waals surface area (Å²) in [6.07, 6.45) is 5.22. The van der Waals surface area contributed by atoms with Crippen molar-refractivity contribution in [2.75, 3.05) is 0 Å². The van der Waals surface area contributed by atoms with Gasteiger partial charge in [0.2, 0.25) is 0 Å². The summed E-state index contributed by atoms with van der Waals surface area (Å²) >= 11 is 0. The summed E-state index contributed by atoms with van der Waals surface area (Å²) in [5.41, 5.74) is -0.0981. The maximum absolute atomic E-state index is 11.0. The Bertz CT molecular complexity index is 419. The zero-order valence-corrected chi connectivity index (χ0v) is 10.4. The third kappa shape index (κ3) is 2.65. The van der Waals surface area contributed by atoms with E-state index in [0.717, 1.165) is 43.8 Å². The van der Waals surface area contributed by atoms with Crippen molar-refractivity contribution < 1.29 is 9.90 Å². The molecule has 0 aliphatic heterocycles. The van der Waals surface area contributed by atoms with Crippen LogP contribution < -0.4 is 0 Å². The largest absolute Gasteiger partial charge is 0.481 e. The number of hydrogen-bond acceptors (Lipinski definition) is 3. The van der Waals surface area contributed by atoms with Gasteiger partial charge in [0.05, 0.1) is 6.42 Å². The predicted octanol–water partition coefficient (Wildman–Crippen LogP) is 1.70. The molecule has 1 fully saturated rings. The van der Waals surface area contributed by atoms with Crippen LogP contribution in [0.3, 0.4) is 0 Å². The van der Waals surface area contributed by atoms with Crippen molar-refractivity contribution in [3.8, 4) is 0 Å². The van der Waals surface area contributed by atoms with Gasteiger partial charge in [-0.3, -0.25) is 9.48 Å². The van der Waals surface area contributed by atoms with Crippen LogP contribution in [0.5, 0.6) is 0 Å². The van der Waals surface area contributed by atoms with E-state index < -0.39 is 5.97 Å². The fourth-order valence-corrected chi connectivity index (χ4v) is 2.91. The Morgan fingerprint density at radius 2 is 2.12 bits per heavy atom. The van der Waals surface area contributed by atoms with Gasteiger partial charge in [0.1, 0.15) is 11.6 Å². The van der Waals surface area contributed by atoms with E-state index in [0.29, 0.717) is 0 Å². The van der Waals surface area contributed by atoms with Crippen LogP contribution in [0.25, 0.3) is 0 Å². The summed E-state index contributed by atoms with van der Waals surface area (Å²) in [5, 5.41) is 13.3. The van der Waals surface area contributed by atoms with Crippen LogP contribution in [0.1, 0.15) is 43.8 Å². The van der Waals surface area contributed by atoms with Crippen LogP contribution in [0, 0.1) is 12.3 Å². The standard InChI is InChI=1S/C12H19N3O2/c1-9-13-10(15(2)14-9)7-12(8-11(16)17)5-3-4-6-12/h3-8H2,1-2H3,(H,16,17). The minimum Gasteiger partial charge on any atom is -0.481 e. The van der Waals surface area contributed by atoms with Crippen molar-refractivity contribution in [2.45, 2.75) is 45.4 Å². The summed E-state index contributed by atoms with van der Waals surface area (Å²) in [4.78, 5) is 15.4. The van der Waals surface area contributed by atoms with Crippen molar-refractivity contribution in [2.24, 2.45) is 12.5 Å². The van der Waals surface area contributed by atoms with E-state index in [1.165, 1.54) is 0 Å². The molecule has 1 saturated carbocycles. The van der Waals surface area contributed by atoms with Crippen LogP contribution in [0.2, 0.25) is 0 Å². The zero-order chi connectivity index (χ0) is 12.5. The molecular formula is C12H19N3O2. The number of aromatic nitrogens is 3. The van der Waals surface area contributed by atoms with Gasteiger partial charge in [-0.2, -0.15) is 5.10 Å². The molecule has 1 N–H and O–H groups in total. The number of hydrogen-bond donors (Lipinski definition) is 1. The Kier molecular flexibility index (Phi) is 3.17. The first-order valence-corrected chi connectivity index (χ1v) is 6.09. The minimum atomic E-state index is -0.703. The van der Waals surface area contributed by atoms with E-state index in [-0.39, 0.29) is 11.8 Å². The van der Waals surface area contributed by atoms with E-state index in [4.69, 9.17) is 5.11 Å². The van der Waals surface area contributed by atoms with Crippen molar-refractivity contribution in [1.29, 1.82) is 0 Å². The van der Waals surface area contributed by atoms with Crippen molar-refractivity contribution in [3.63, 3.8) is 0 Å². The molecule has 1 aliphatic rings. The van der Waals surface area contributed by atoms with Crippen LogP contribution in [0.4, 0.5) is 0 Å². The lowest BCUT2D eigenvalue weighted by Crippen LogP contribution is -2.25. The molecule has 1 aromatic rings. The summed E-state index contributed by atoms with van der Waals surface area (Å²) < 4.78 is 1.78. The monoisotopic (exact) mass is 237 g/mol. The highest BCUT2D eigenvalue weighted by Crippen LogP contribution is 2.43. The summed E-state index contributed by atoms with van der Waals surface area (Å²) in [6, 6.07) is 0. The molecule has 0 aromatic carbocycles. The molecule has 5 nitrogen and oxygen atoms in total. The molecule has 0 radical (unpaired) electrons. The first-order valence-electron chi connectivity index (χ1n) is 6.09. The normalized spacial score (nSPS) is 18.5. The van der Waals surface area contributed by atoms with E-state index in [9.17, 15) is 4.79 Å². The average Bonchev–Trinajstić information content (AvgIpc) is 2.75. The summed E-state index contributed by atoms with van der Waals surface area (Å²) in [7, 11) is 1.87. The number of carbonyl (C=O) groups is 1. The number of rotatable bonds is 4. The Balaban J connectivity index is 2.18. The Morgan fingerprint density at radius 1 is 1.47 bits per heavy atom. The summed E-state index contributed by atoms with van der Waals surface area (Å²) in [5.74, 6) is 0.961. The molecule has 17 heavy (non-hydrogen) atoms. The molecule has 1 aliphatic carbocycles. The van der Waals surface area contributed by atoms with Crippen molar-refractivity contribution >= 4 is 5.97 Å². The smallest absolute Gasteiger partial charge is 0.303 e. The fourth-order valence-electron chi connectivity index (χ4n) is 2.91. The molecule has 0 saturated heterocycles. The molecule has 0 unspecified atom stereocenters. The fraction of sp³-hybridized carbons (Fsp3) is 0.750. The molecule has 0 amide bonds. The van der Waals surface area contributed by atoms with E-state index >= 15 is 0 Å². The minimum absolute atomic E-state index is 0.0981. The van der Waals surface area contributed by atoms with Gasteiger partial charge in [0, 0.05) is 13.5 Å². The molecule has 1 heterocycles. The van der Waals surface area contributed by atoms with Gasteiger partial charge in [0.25, 0.3) is 0 Å². The van der Waals surface area contributed by atoms with Crippen LogP contribution in [-0.2, 0) is 18.3 Å². The number of carboxylic acids is 1. The van der Waals surface area contributed by atoms with Crippen molar-refractivity contribution in [1.82, 2.24) is 14.8 Å². The number of nitrogens with zero attached hydrogens (tertiary/aromatic N) is 3.